The van der Waals surface area contributed by atoms with Crippen LogP contribution in [0, 0.1) is 23.2 Å². The van der Waals surface area contributed by atoms with Crippen LogP contribution >= 0.6 is 0 Å². The number of carbonyl (C=O) groups excluding carboxylic acids is 2. The first kappa shape index (κ1) is 19.2. The van der Waals surface area contributed by atoms with Crippen LogP contribution in [0.2, 0.25) is 0 Å². The minimum Gasteiger partial charge on any atom is -0.465 e. The van der Waals surface area contributed by atoms with Crippen molar-refractivity contribution in [2.24, 2.45) is 23.2 Å². The Kier molecular flexibility index (Phi) is 4.06. The molecule has 1 saturated heterocycles. The fourth-order valence-corrected chi connectivity index (χ4v) is 6.72. The molecule has 2 unspecified atom stereocenters. The molecule has 29 heavy (non-hydrogen) atoms. The molecule has 0 radical (unpaired) electrons. The second kappa shape index (κ2) is 6.13. The van der Waals surface area contributed by atoms with Crippen molar-refractivity contribution in [3.8, 4) is 0 Å². The van der Waals surface area contributed by atoms with Gasteiger partial charge in [0.05, 0.1) is 24.2 Å². The lowest BCUT2D eigenvalue weighted by atomic mass is 9.66. The summed E-state index contributed by atoms with van der Waals surface area (Å²) in [5.41, 5.74) is -0.757. The van der Waals surface area contributed by atoms with Crippen molar-refractivity contribution < 1.29 is 28.5 Å². The molecule has 4 bridgehead atoms. The topological polar surface area (TPSA) is 71.1 Å². The smallest absolute Gasteiger partial charge is 0.316 e. The van der Waals surface area contributed by atoms with Gasteiger partial charge in [-0.15, -0.1) is 0 Å². The number of ketones is 1. The van der Waals surface area contributed by atoms with Gasteiger partial charge in [0.2, 0.25) is 0 Å². The van der Waals surface area contributed by atoms with Crippen molar-refractivity contribution in [3.63, 3.8) is 0 Å². The van der Waals surface area contributed by atoms with E-state index in [4.69, 9.17) is 18.9 Å². The Balaban J connectivity index is 1.62. The van der Waals surface area contributed by atoms with E-state index in [1.807, 2.05) is 44.2 Å². The Morgan fingerprint density at radius 3 is 2.55 bits per heavy atom. The van der Waals surface area contributed by atoms with E-state index >= 15 is 0 Å². The lowest BCUT2D eigenvalue weighted by Gasteiger charge is -2.42. The summed E-state index contributed by atoms with van der Waals surface area (Å²) in [6.07, 6.45) is 0.627. The monoisotopic (exact) mass is 400 g/mol. The van der Waals surface area contributed by atoms with Gasteiger partial charge >= 0.3 is 5.97 Å². The van der Waals surface area contributed by atoms with Gasteiger partial charge < -0.3 is 18.9 Å². The van der Waals surface area contributed by atoms with Crippen LogP contribution in [0.4, 0.5) is 0 Å². The highest BCUT2D eigenvalue weighted by Gasteiger charge is 2.95. The minimum absolute atomic E-state index is 0.122. The molecule has 5 fully saturated rings. The molecule has 6 rings (SSSR count). The molecule has 0 N–H and O–H groups in total. The maximum atomic E-state index is 13.3. The van der Waals surface area contributed by atoms with Gasteiger partial charge in [-0.1, -0.05) is 30.3 Å². The molecule has 0 aromatic heterocycles. The summed E-state index contributed by atoms with van der Waals surface area (Å²) in [4.78, 5) is 26.6. The molecular formula is C23H28O6. The molecule has 6 nitrogen and oxygen atoms in total. The van der Waals surface area contributed by atoms with E-state index in [1.165, 1.54) is 0 Å². The summed E-state index contributed by atoms with van der Waals surface area (Å²) < 4.78 is 24.1. The Hall–Kier alpha value is -1.76. The lowest BCUT2D eigenvalue weighted by Crippen LogP contribution is -2.51. The van der Waals surface area contributed by atoms with E-state index in [2.05, 4.69) is 0 Å². The van der Waals surface area contributed by atoms with Crippen molar-refractivity contribution in [3.05, 3.63) is 35.9 Å². The van der Waals surface area contributed by atoms with Crippen LogP contribution in [-0.2, 0) is 28.5 Å². The summed E-state index contributed by atoms with van der Waals surface area (Å²) in [5.74, 6) is -2.00. The van der Waals surface area contributed by atoms with Crippen LogP contribution in [-0.4, -0.2) is 43.0 Å². The van der Waals surface area contributed by atoms with Crippen LogP contribution < -0.4 is 0 Å². The average Bonchev–Trinajstić information content (AvgIpc) is 3.13. The highest BCUT2D eigenvalue weighted by Crippen LogP contribution is 2.82. The molecular weight excluding hydrogens is 372 g/mol. The quantitative estimate of drug-likeness (QED) is 0.708. The van der Waals surface area contributed by atoms with Crippen LogP contribution in [0.25, 0.3) is 0 Å². The third-order valence-corrected chi connectivity index (χ3v) is 7.56. The fourth-order valence-electron chi connectivity index (χ4n) is 6.72. The summed E-state index contributed by atoms with van der Waals surface area (Å²) >= 11 is 0. The predicted molar refractivity (Wildman–Crippen MR) is 103 cm³/mol. The number of ether oxygens (including phenoxy) is 4. The number of Topliss-reactive ketones (excluding diaryl/α,β-unsaturated/α-hetero) is 1. The Morgan fingerprint density at radius 2 is 1.93 bits per heavy atom. The molecule has 1 aromatic rings. The van der Waals surface area contributed by atoms with E-state index < -0.39 is 28.8 Å². The van der Waals surface area contributed by atoms with Crippen LogP contribution in [0.1, 0.15) is 45.3 Å². The van der Waals surface area contributed by atoms with Gasteiger partial charge in [0.25, 0.3) is 0 Å². The zero-order chi connectivity index (χ0) is 20.6. The van der Waals surface area contributed by atoms with Gasteiger partial charge in [0, 0.05) is 18.9 Å². The first-order chi connectivity index (χ1) is 13.8. The fraction of sp³-hybridized carbons (Fsp3) is 0.652. The van der Waals surface area contributed by atoms with Crippen LogP contribution in [0.15, 0.2) is 30.3 Å². The van der Waals surface area contributed by atoms with Gasteiger partial charge in [-0.2, -0.15) is 0 Å². The van der Waals surface area contributed by atoms with Gasteiger partial charge in [-0.25, -0.2) is 0 Å². The third kappa shape index (κ3) is 2.23. The summed E-state index contributed by atoms with van der Waals surface area (Å²) in [6.45, 7) is 5.83. The van der Waals surface area contributed by atoms with Crippen molar-refractivity contribution in [2.75, 3.05) is 13.7 Å². The molecule has 1 aliphatic heterocycles. The molecule has 4 aliphatic carbocycles. The second-order valence-electron chi connectivity index (χ2n) is 9.12. The van der Waals surface area contributed by atoms with E-state index in [9.17, 15) is 9.59 Å². The first-order valence-corrected chi connectivity index (χ1v) is 10.5. The standard InChI is InChI=1S/C23H28O6/c1-5-27-20(25)23-15(14-11-12-22(23,26-4)19(23)16(14)24)18-17(28-21(2,3)29-18)13-9-7-6-8-10-13/h6-10,14-15,17-19H,5,11-12H2,1-4H3/t14-,15-,17-,18-,19?,22+,23?/m0/s1. The lowest BCUT2D eigenvalue weighted by molar-refractivity contribution is -0.178. The number of fused-ring (bicyclic) bond motifs is 1. The molecule has 6 heteroatoms. The van der Waals surface area contributed by atoms with Crippen LogP contribution in [0.5, 0.6) is 0 Å². The maximum absolute atomic E-state index is 13.3. The van der Waals surface area contributed by atoms with Gasteiger partial charge in [-0.05, 0) is 39.2 Å². The summed E-state index contributed by atoms with van der Waals surface area (Å²) in [7, 11) is 1.61. The number of esters is 1. The number of rotatable bonds is 5. The normalized spacial score (nSPS) is 44.0. The molecule has 156 valence electrons. The summed E-state index contributed by atoms with van der Waals surface area (Å²) in [6, 6.07) is 9.89. The maximum Gasteiger partial charge on any atom is 0.316 e. The second-order valence-corrected chi connectivity index (χ2v) is 9.12. The van der Waals surface area contributed by atoms with Gasteiger partial charge in [0.15, 0.2) is 5.79 Å². The molecule has 5 aliphatic rings. The molecule has 7 atom stereocenters. The number of hydrogen-bond acceptors (Lipinski definition) is 6. The van der Waals surface area contributed by atoms with Gasteiger partial charge in [0.1, 0.15) is 17.3 Å². The van der Waals surface area contributed by atoms with Crippen molar-refractivity contribution >= 4 is 11.8 Å². The summed E-state index contributed by atoms with van der Waals surface area (Å²) in [5, 5.41) is 0. The van der Waals surface area contributed by atoms with Crippen molar-refractivity contribution in [1.29, 1.82) is 0 Å². The van der Waals surface area contributed by atoms with Crippen LogP contribution in [0.3, 0.4) is 0 Å². The Labute approximate surface area is 170 Å². The largest absolute Gasteiger partial charge is 0.465 e. The molecule has 0 amide bonds. The van der Waals surface area contributed by atoms with Crippen molar-refractivity contribution in [1.82, 2.24) is 0 Å². The Bertz CT molecular complexity index is 850. The molecule has 4 saturated carbocycles. The van der Waals surface area contributed by atoms with E-state index in [-0.39, 0.29) is 36.3 Å². The Morgan fingerprint density at radius 1 is 1.21 bits per heavy atom. The average molecular weight is 400 g/mol. The predicted octanol–water partition coefficient (Wildman–Crippen LogP) is 3.05. The van der Waals surface area contributed by atoms with Crippen molar-refractivity contribution in [2.45, 2.75) is 57.2 Å². The highest BCUT2D eigenvalue weighted by atomic mass is 16.8. The molecule has 1 aromatic carbocycles. The number of benzene rings is 1. The number of carbonyl (C=O) groups is 2. The third-order valence-electron chi connectivity index (χ3n) is 7.56. The first-order valence-electron chi connectivity index (χ1n) is 10.5. The minimum atomic E-state index is -0.973. The van der Waals surface area contributed by atoms with E-state index in [0.29, 0.717) is 12.8 Å². The van der Waals surface area contributed by atoms with E-state index in [1.54, 1.807) is 14.0 Å². The SMILES string of the molecule is CCOC(=O)C12C3C(=O)[C@@H](CC[C@@]31OC)[C@H]2[C@@H]1OC(C)(C)O[C@H]1c1ccccc1. The highest BCUT2D eigenvalue weighted by molar-refractivity contribution is 6.05. The zero-order valence-electron chi connectivity index (χ0n) is 17.3. The van der Waals surface area contributed by atoms with E-state index in [0.717, 1.165) is 5.56 Å². The molecule has 1 heterocycles. The molecule has 0 spiro atoms. The van der Waals surface area contributed by atoms with Gasteiger partial charge in [-0.3, -0.25) is 9.59 Å². The number of hydrogen-bond donors (Lipinski definition) is 0. The zero-order valence-corrected chi connectivity index (χ0v) is 17.3. The number of methoxy groups -OCH3 is 1.